The van der Waals surface area contributed by atoms with Crippen molar-refractivity contribution in [2.45, 2.75) is 24.3 Å². The van der Waals surface area contributed by atoms with E-state index in [-0.39, 0.29) is 13.0 Å². The van der Waals surface area contributed by atoms with Crippen LogP contribution in [0, 0.1) is 5.82 Å². The van der Waals surface area contributed by atoms with Crippen LogP contribution in [0.2, 0.25) is 0 Å². The van der Waals surface area contributed by atoms with Gasteiger partial charge in [0.2, 0.25) is 15.9 Å². The van der Waals surface area contributed by atoms with Crippen molar-refractivity contribution >= 4 is 21.9 Å². The van der Waals surface area contributed by atoms with Gasteiger partial charge in [-0.2, -0.15) is 0 Å². The molecule has 1 aromatic rings. The van der Waals surface area contributed by atoms with Gasteiger partial charge in [-0.25, -0.2) is 17.5 Å². The van der Waals surface area contributed by atoms with Crippen LogP contribution in [0.3, 0.4) is 0 Å². The van der Waals surface area contributed by atoms with Crippen LogP contribution < -0.4 is 10.0 Å². The zero-order valence-electron chi connectivity index (χ0n) is 11.2. The van der Waals surface area contributed by atoms with E-state index in [1.165, 1.54) is 19.1 Å². The lowest BCUT2D eigenvalue weighted by atomic mass is 10.3. The van der Waals surface area contributed by atoms with Crippen LogP contribution in [0.25, 0.3) is 0 Å². The van der Waals surface area contributed by atoms with E-state index in [2.05, 4.69) is 10.0 Å². The van der Waals surface area contributed by atoms with Crippen LogP contribution >= 0.6 is 0 Å². The topological polar surface area (TPSA) is 113 Å². The maximum atomic E-state index is 13.4. The Morgan fingerprint density at radius 2 is 1.95 bits per heavy atom. The van der Waals surface area contributed by atoms with Crippen molar-refractivity contribution in [1.29, 1.82) is 0 Å². The average molecular weight is 318 g/mol. The Hall–Kier alpha value is -2.00. The normalized spacial score (nSPS) is 12.7. The van der Waals surface area contributed by atoms with E-state index in [0.29, 0.717) is 0 Å². The van der Waals surface area contributed by atoms with Crippen molar-refractivity contribution in [3.63, 3.8) is 0 Å². The minimum atomic E-state index is -4.05. The molecule has 0 radical (unpaired) electrons. The van der Waals surface area contributed by atoms with Gasteiger partial charge < -0.3 is 10.4 Å². The maximum absolute atomic E-state index is 13.4. The van der Waals surface area contributed by atoms with Crippen molar-refractivity contribution in [1.82, 2.24) is 10.0 Å². The van der Waals surface area contributed by atoms with Crippen molar-refractivity contribution < 1.29 is 27.5 Å². The number of carbonyl (C=O) groups excluding carboxylic acids is 1. The number of sulfonamides is 1. The van der Waals surface area contributed by atoms with E-state index in [1.807, 2.05) is 0 Å². The molecule has 1 aromatic carbocycles. The second kappa shape index (κ2) is 7.14. The number of halogens is 1. The summed E-state index contributed by atoms with van der Waals surface area (Å²) in [7, 11) is -4.05. The first-order valence-electron chi connectivity index (χ1n) is 6.00. The van der Waals surface area contributed by atoms with Crippen LogP contribution in [0.15, 0.2) is 29.2 Å². The average Bonchev–Trinajstić information content (AvgIpc) is 2.38. The molecule has 0 fully saturated rings. The van der Waals surface area contributed by atoms with Gasteiger partial charge in [-0.15, -0.1) is 0 Å². The molecule has 0 heterocycles. The summed E-state index contributed by atoms with van der Waals surface area (Å²) in [6.45, 7) is 1.01. The molecule has 0 aliphatic heterocycles. The first-order chi connectivity index (χ1) is 9.74. The van der Waals surface area contributed by atoms with Crippen LogP contribution in [-0.2, 0) is 19.6 Å². The summed E-state index contributed by atoms with van der Waals surface area (Å²) in [4.78, 5) is 21.4. The zero-order chi connectivity index (χ0) is 16.0. The Balaban J connectivity index is 2.54. The Morgan fingerprint density at radius 3 is 2.52 bits per heavy atom. The van der Waals surface area contributed by atoms with Gasteiger partial charge in [-0.05, 0) is 19.1 Å². The molecular formula is C12H15FN2O5S. The molecule has 3 N–H and O–H groups in total. The largest absolute Gasteiger partial charge is 0.480 e. The predicted molar refractivity (Wildman–Crippen MR) is 71.4 cm³/mol. The number of carbonyl (C=O) groups is 2. The van der Waals surface area contributed by atoms with Gasteiger partial charge in [-0.3, -0.25) is 9.59 Å². The van der Waals surface area contributed by atoms with Crippen LogP contribution in [0.1, 0.15) is 13.3 Å². The van der Waals surface area contributed by atoms with Crippen LogP contribution in [0.5, 0.6) is 0 Å². The molecule has 21 heavy (non-hydrogen) atoms. The molecule has 0 aliphatic rings. The van der Waals surface area contributed by atoms with E-state index >= 15 is 0 Å². The lowest BCUT2D eigenvalue weighted by Crippen LogP contribution is -2.39. The van der Waals surface area contributed by atoms with Gasteiger partial charge in [0, 0.05) is 13.0 Å². The predicted octanol–water partition coefficient (Wildman–Crippen LogP) is 0.0834. The summed E-state index contributed by atoms with van der Waals surface area (Å²) in [5, 5.41) is 10.8. The van der Waals surface area contributed by atoms with Gasteiger partial charge in [-0.1, -0.05) is 12.1 Å². The number of hydrogen-bond donors (Lipinski definition) is 3. The third kappa shape index (κ3) is 5.12. The Kier molecular flexibility index (Phi) is 5.79. The number of rotatable bonds is 7. The fourth-order valence-electron chi connectivity index (χ4n) is 1.41. The molecule has 9 heteroatoms. The number of amides is 1. The fraction of sp³-hybridized carbons (Fsp3) is 0.333. The van der Waals surface area contributed by atoms with E-state index in [4.69, 9.17) is 5.11 Å². The maximum Gasteiger partial charge on any atom is 0.325 e. The smallest absolute Gasteiger partial charge is 0.325 e. The second-order valence-electron chi connectivity index (χ2n) is 4.21. The van der Waals surface area contributed by atoms with Gasteiger partial charge in [0.15, 0.2) is 0 Å². The van der Waals surface area contributed by atoms with E-state index < -0.39 is 38.7 Å². The van der Waals surface area contributed by atoms with Crippen molar-refractivity contribution in [2.75, 3.05) is 6.54 Å². The summed E-state index contributed by atoms with van der Waals surface area (Å²) in [6.07, 6.45) is -0.259. The first kappa shape index (κ1) is 17.1. The van der Waals surface area contributed by atoms with Gasteiger partial charge in [0.25, 0.3) is 0 Å². The summed E-state index contributed by atoms with van der Waals surface area (Å²) >= 11 is 0. The molecule has 0 spiro atoms. The molecule has 0 aromatic heterocycles. The Bertz CT molecular complexity index is 632. The number of aliphatic carboxylic acids is 1. The molecular weight excluding hydrogens is 303 g/mol. The second-order valence-corrected chi connectivity index (χ2v) is 5.94. The van der Waals surface area contributed by atoms with Crippen molar-refractivity contribution in [2.24, 2.45) is 0 Å². The minimum absolute atomic E-state index is 0.259. The van der Waals surface area contributed by atoms with E-state index in [0.717, 1.165) is 12.1 Å². The molecule has 1 unspecified atom stereocenters. The van der Waals surface area contributed by atoms with Gasteiger partial charge in [0.1, 0.15) is 16.8 Å². The molecule has 0 aliphatic carbocycles. The highest BCUT2D eigenvalue weighted by atomic mass is 32.2. The van der Waals surface area contributed by atoms with Crippen molar-refractivity contribution in [3.8, 4) is 0 Å². The molecule has 0 saturated carbocycles. The highest BCUT2D eigenvalue weighted by Gasteiger charge is 2.19. The molecule has 0 bridgehead atoms. The number of hydrogen-bond acceptors (Lipinski definition) is 4. The van der Waals surface area contributed by atoms with Crippen LogP contribution in [-0.4, -0.2) is 38.0 Å². The molecule has 0 saturated heterocycles. The SMILES string of the molecule is CC(NC(=O)CCNS(=O)(=O)c1ccccc1F)C(=O)O. The summed E-state index contributed by atoms with van der Waals surface area (Å²) < 4.78 is 39.0. The molecule has 1 amide bonds. The fourth-order valence-corrected chi connectivity index (χ4v) is 2.52. The number of nitrogens with one attached hydrogen (secondary N) is 2. The number of carboxylic acids is 1. The molecule has 116 valence electrons. The highest BCUT2D eigenvalue weighted by molar-refractivity contribution is 7.89. The molecule has 1 rings (SSSR count). The molecule has 7 nitrogen and oxygen atoms in total. The summed E-state index contributed by atoms with van der Waals surface area (Å²) in [5.74, 6) is -2.72. The Morgan fingerprint density at radius 1 is 1.33 bits per heavy atom. The summed E-state index contributed by atoms with van der Waals surface area (Å²) in [5.41, 5.74) is 0. The van der Waals surface area contributed by atoms with Crippen molar-refractivity contribution in [3.05, 3.63) is 30.1 Å². The minimum Gasteiger partial charge on any atom is -0.480 e. The lowest BCUT2D eigenvalue weighted by Gasteiger charge is -2.10. The van der Waals surface area contributed by atoms with Gasteiger partial charge in [0.05, 0.1) is 0 Å². The summed E-state index contributed by atoms with van der Waals surface area (Å²) in [6, 6.07) is 3.77. The van der Waals surface area contributed by atoms with Gasteiger partial charge >= 0.3 is 5.97 Å². The zero-order valence-corrected chi connectivity index (χ0v) is 12.0. The Labute approximate surface area is 121 Å². The third-order valence-electron chi connectivity index (χ3n) is 2.52. The third-order valence-corrected chi connectivity index (χ3v) is 4.01. The molecule has 1 atom stereocenters. The number of carboxylic acid groups (broad SMARTS) is 1. The first-order valence-corrected chi connectivity index (χ1v) is 7.48. The quantitative estimate of drug-likeness (QED) is 0.659. The lowest BCUT2D eigenvalue weighted by molar-refractivity contribution is -0.141. The van der Waals surface area contributed by atoms with Crippen LogP contribution in [0.4, 0.5) is 4.39 Å². The highest BCUT2D eigenvalue weighted by Crippen LogP contribution is 2.12. The van der Waals surface area contributed by atoms with E-state index in [9.17, 15) is 22.4 Å². The number of benzene rings is 1. The standard InChI is InChI=1S/C12H15FN2O5S/c1-8(12(17)18)15-11(16)6-7-14-21(19,20)10-5-3-2-4-9(10)13/h2-5,8,14H,6-7H2,1H3,(H,15,16)(H,17,18). The van der Waals surface area contributed by atoms with E-state index in [1.54, 1.807) is 0 Å². The monoisotopic (exact) mass is 318 g/mol.